The first-order valence-corrected chi connectivity index (χ1v) is 9.75. The van der Waals surface area contributed by atoms with Gasteiger partial charge < -0.3 is 15.2 Å². The van der Waals surface area contributed by atoms with Crippen molar-refractivity contribution in [2.24, 2.45) is 5.92 Å². The Bertz CT molecular complexity index is 675. The Kier molecular flexibility index (Phi) is 13.0. The van der Waals surface area contributed by atoms with E-state index in [-0.39, 0.29) is 18.3 Å². The van der Waals surface area contributed by atoms with Crippen LogP contribution in [0.15, 0.2) is 30.4 Å². The number of methoxy groups -OCH3 is 1. The molecule has 0 aliphatic rings. The fourth-order valence-electron chi connectivity index (χ4n) is 2.93. The monoisotopic (exact) mass is 426 g/mol. The Morgan fingerprint density at radius 2 is 1.93 bits per heavy atom. The summed E-state index contributed by atoms with van der Waals surface area (Å²) in [7, 11) is 4.94. The predicted octanol–water partition coefficient (Wildman–Crippen LogP) is 4.19. The number of carbonyl (C=O) groups excluding carboxylic acids is 1. The Morgan fingerprint density at radius 1 is 1.24 bits per heavy atom. The standard InChI is InChI=1S/C22H34N2O4.ClH/c1-16(2)10-8-6-7-9-11-20(25)23-15-17-12-13-18(19(14-17)28-5)21(22(26)27)24(3)4;/h8,10,12-14,16,21H,6-7,9,11,15H2,1-5H3,(H,23,25)(H,26,27);1H/b10-8+;. The number of allylic oxidation sites excluding steroid dienone is 2. The zero-order valence-electron chi connectivity index (χ0n) is 18.1. The SMILES string of the molecule is COc1cc(CNC(=O)CCCC/C=C/C(C)C)ccc1C(C(=O)O)N(C)C.Cl. The zero-order chi connectivity index (χ0) is 21.1. The van der Waals surface area contributed by atoms with E-state index in [0.717, 1.165) is 24.8 Å². The molecule has 0 aliphatic carbocycles. The Balaban J connectivity index is 0.00000784. The fourth-order valence-corrected chi connectivity index (χ4v) is 2.93. The van der Waals surface area contributed by atoms with Gasteiger partial charge in [0.15, 0.2) is 0 Å². The molecule has 7 heteroatoms. The van der Waals surface area contributed by atoms with Crippen LogP contribution in [0.1, 0.15) is 56.7 Å². The van der Waals surface area contributed by atoms with Crippen LogP contribution in [0.3, 0.4) is 0 Å². The van der Waals surface area contributed by atoms with Crippen LogP contribution < -0.4 is 10.1 Å². The summed E-state index contributed by atoms with van der Waals surface area (Å²) in [5.41, 5.74) is 1.46. The molecule has 1 aromatic carbocycles. The molecule has 0 saturated carbocycles. The third-order valence-corrected chi connectivity index (χ3v) is 4.38. The van der Waals surface area contributed by atoms with E-state index in [4.69, 9.17) is 4.74 Å². The number of benzene rings is 1. The molecule has 0 fully saturated rings. The lowest BCUT2D eigenvalue weighted by molar-refractivity contribution is -0.142. The van der Waals surface area contributed by atoms with Gasteiger partial charge in [-0.1, -0.05) is 38.1 Å². The summed E-state index contributed by atoms with van der Waals surface area (Å²) >= 11 is 0. The van der Waals surface area contributed by atoms with E-state index in [1.54, 1.807) is 31.1 Å². The number of carbonyl (C=O) groups is 2. The average Bonchev–Trinajstić information content (AvgIpc) is 2.62. The highest BCUT2D eigenvalue weighted by Gasteiger charge is 2.25. The summed E-state index contributed by atoms with van der Waals surface area (Å²) in [6.07, 6.45) is 7.73. The number of nitrogens with one attached hydrogen (secondary N) is 1. The van der Waals surface area contributed by atoms with Crippen molar-refractivity contribution in [3.63, 3.8) is 0 Å². The Morgan fingerprint density at radius 3 is 2.48 bits per heavy atom. The number of rotatable bonds is 12. The molecule has 2 N–H and O–H groups in total. The van der Waals surface area contributed by atoms with Crippen LogP contribution in [-0.2, 0) is 16.1 Å². The molecular weight excluding hydrogens is 392 g/mol. The van der Waals surface area contributed by atoms with Gasteiger partial charge in [-0.2, -0.15) is 0 Å². The molecule has 1 amide bonds. The molecule has 0 aliphatic heterocycles. The highest BCUT2D eigenvalue weighted by molar-refractivity contribution is 5.85. The number of carboxylic acids is 1. The van der Waals surface area contributed by atoms with Crippen molar-refractivity contribution in [2.75, 3.05) is 21.2 Å². The van der Waals surface area contributed by atoms with Gasteiger partial charge >= 0.3 is 5.97 Å². The lowest BCUT2D eigenvalue weighted by Gasteiger charge is -2.22. The Labute approximate surface area is 180 Å². The van der Waals surface area contributed by atoms with E-state index in [2.05, 4.69) is 31.3 Å². The van der Waals surface area contributed by atoms with Gasteiger partial charge in [-0.05, 0) is 50.9 Å². The minimum atomic E-state index is -0.937. The van der Waals surface area contributed by atoms with E-state index in [1.165, 1.54) is 7.11 Å². The van der Waals surface area contributed by atoms with Crippen molar-refractivity contribution in [2.45, 2.75) is 52.1 Å². The third kappa shape index (κ3) is 9.81. The largest absolute Gasteiger partial charge is 0.496 e. The number of halogens is 1. The number of aliphatic carboxylic acids is 1. The third-order valence-electron chi connectivity index (χ3n) is 4.38. The molecule has 1 atom stereocenters. The summed E-state index contributed by atoms with van der Waals surface area (Å²) in [5.74, 6) is 0.153. The molecule has 0 spiro atoms. The zero-order valence-corrected chi connectivity index (χ0v) is 18.9. The molecule has 0 bridgehead atoms. The number of nitrogens with zero attached hydrogens (tertiary/aromatic N) is 1. The van der Waals surface area contributed by atoms with Crippen molar-refractivity contribution in [1.82, 2.24) is 10.2 Å². The first-order chi connectivity index (χ1) is 13.3. The quantitative estimate of drug-likeness (QED) is 0.387. The smallest absolute Gasteiger partial charge is 0.325 e. The topological polar surface area (TPSA) is 78.9 Å². The fraction of sp³-hybridized carbons (Fsp3) is 0.545. The lowest BCUT2D eigenvalue weighted by atomic mass is 10.0. The summed E-state index contributed by atoms with van der Waals surface area (Å²) in [6, 6.07) is 4.57. The van der Waals surface area contributed by atoms with Crippen LogP contribution in [0, 0.1) is 5.92 Å². The van der Waals surface area contributed by atoms with Gasteiger partial charge in [0, 0.05) is 18.5 Å². The van der Waals surface area contributed by atoms with Gasteiger partial charge in [0.05, 0.1) is 7.11 Å². The van der Waals surface area contributed by atoms with E-state index < -0.39 is 12.0 Å². The lowest BCUT2D eigenvalue weighted by Crippen LogP contribution is -2.28. The number of hydrogen-bond donors (Lipinski definition) is 2. The average molecular weight is 427 g/mol. The molecule has 1 rings (SSSR count). The van der Waals surface area contributed by atoms with Crippen molar-refractivity contribution in [1.29, 1.82) is 0 Å². The summed E-state index contributed by atoms with van der Waals surface area (Å²) in [4.78, 5) is 25.2. The number of carboxylic acid groups (broad SMARTS) is 1. The first-order valence-electron chi connectivity index (χ1n) is 9.75. The first kappa shape index (κ1) is 27.0. The second-order valence-electron chi connectivity index (χ2n) is 7.48. The minimum absolute atomic E-state index is 0. The van der Waals surface area contributed by atoms with Crippen molar-refractivity contribution < 1.29 is 19.4 Å². The number of unbranched alkanes of at least 4 members (excludes halogenated alkanes) is 2. The van der Waals surface area contributed by atoms with Gasteiger partial charge in [-0.3, -0.25) is 14.5 Å². The van der Waals surface area contributed by atoms with E-state index in [0.29, 0.717) is 30.2 Å². The van der Waals surface area contributed by atoms with Crippen molar-refractivity contribution in [3.8, 4) is 5.75 Å². The maximum atomic E-state index is 12.0. The Hall–Kier alpha value is -2.05. The second kappa shape index (κ2) is 14.0. The number of hydrogen-bond acceptors (Lipinski definition) is 4. The van der Waals surface area contributed by atoms with Crippen LogP contribution >= 0.6 is 12.4 Å². The maximum absolute atomic E-state index is 12.0. The molecule has 0 aromatic heterocycles. The molecule has 1 unspecified atom stereocenters. The van der Waals surface area contributed by atoms with E-state index >= 15 is 0 Å². The maximum Gasteiger partial charge on any atom is 0.325 e. The number of ether oxygens (including phenoxy) is 1. The second-order valence-corrected chi connectivity index (χ2v) is 7.48. The van der Waals surface area contributed by atoms with E-state index in [9.17, 15) is 14.7 Å². The summed E-state index contributed by atoms with van der Waals surface area (Å²) < 4.78 is 5.38. The molecule has 0 saturated heterocycles. The highest BCUT2D eigenvalue weighted by Crippen LogP contribution is 2.29. The van der Waals surface area contributed by atoms with Gasteiger partial charge in [-0.25, -0.2) is 0 Å². The molecule has 29 heavy (non-hydrogen) atoms. The van der Waals surface area contributed by atoms with Gasteiger partial charge in [0.2, 0.25) is 5.91 Å². The van der Waals surface area contributed by atoms with Crippen molar-refractivity contribution >= 4 is 24.3 Å². The van der Waals surface area contributed by atoms with Crippen LogP contribution in [0.25, 0.3) is 0 Å². The van der Waals surface area contributed by atoms with Gasteiger partial charge in [-0.15, -0.1) is 12.4 Å². The molecular formula is C22H35ClN2O4. The van der Waals surface area contributed by atoms with Crippen LogP contribution in [0.4, 0.5) is 0 Å². The van der Waals surface area contributed by atoms with Crippen LogP contribution in [0.2, 0.25) is 0 Å². The highest BCUT2D eigenvalue weighted by atomic mass is 35.5. The number of likely N-dealkylation sites (N-methyl/N-ethyl adjacent to an activating group) is 1. The van der Waals surface area contributed by atoms with Crippen LogP contribution in [0.5, 0.6) is 5.75 Å². The van der Waals surface area contributed by atoms with E-state index in [1.807, 2.05) is 6.07 Å². The predicted molar refractivity (Wildman–Crippen MR) is 119 cm³/mol. The van der Waals surface area contributed by atoms with Gasteiger partial charge in [0.25, 0.3) is 0 Å². The summed E-state index contributed by atoms with van der Waals surface area (Å²) in [5, 5.41) is 12.4. The summed E-state index contributed by atoms with van der Waals surface area (Å²) in [6.45, 7) is 4.68. The van der Waals surface area contributed by atoms with Gasteiger partial charge in [0.1, 0.15) is 11.8 Å². The molecule has 164 valence electrons. The minimum Gasteiger partial charge on any atom is -0.496 e. The van der Waals surface area contributed by atoms with Crippen LogP contribution in [-0.4, -0.2) is 43.1 Å². The molecule has 0 heterocycles. The number of amides is 1. The normalized spacial score (nSPS) is 12.1. The van der Waals surface area contributed by atoms with Crippen molar-refractivity contribution in [3.05, 3.63) is 41.5 Å². The molecule has 6 nitrogen and oxygen atoms in total. The molecule has 0 radical (unpaired) electrons. The molecule has 1 aromatic rings.